The molecule has 0 radical (unpaired) electrons. The predicted molar refractivity (Wildman–Crippen MR) is 98.2 cm³/mol. The topological polar surface area (TPSA) is 63.9 Å². The van der Waals surface area contributed by atoms with Gasteiger partial charge in [-0.1, -0.05) is 20.4 Å². The van der Waals surface area contributed by atoms with E-state index in [0.29, 0.717) is 17.9 Å². The summed E-state index contributed by atoms with van der Waals surface area (Å²) in [5.41, 5.74) is 0.849. The van der Waals surface area contributed by atoms with Crippen molar-refractivity contribution in [1.29, 1.82) is 0 Å². The van der Waals surface area contributed by atoms with Crippen molar-refractivity contribution in [2.24, 2.45) is 39.9 Å². The molecule has 26 heavy (non-hydrogen) atoms. The van der Waals surface area contributed by atoms with Crippen LogP contribution in [0.1, 0.15) is 46.0 Å². The van der Waals surface area contributed by atoms with E-state index in [1.165, 1.54) is 0 Å². The Balaban J connectivity index is 1.61. The minimum atomic E-state index is -0.500. The van der Waals surface area contributed by atoms with Crippen LogP contribution < -0.4 is 0 Å². The Morgan fingerprint density at radius 3 is 2.69 bits per heavy atom. The Morgan fingerprint density at radius 1 is 1.19 bits per heavy atom. The summed E-state index contributed by atoms with van der Waals surface area (Å²) in [7, 11) is 0. The molecule has 144 valence electrons. The van der Waals surface area contributed by atoms with Crippen molar-refractivity contribution in [2.75, 3.05) is 13.1 Å². The van der Waals surface area contributed by atoms with Crippen molar-refractivity contribution in [3.8, 4) is 0 Å². The molecular weight excluding hydrogens is 326 g/mol. The largest absolute Gasteiger partial charge is 0.392 e. The van der Waals surface area contributed by atoms with E-state index in [4.69, 9.17) is 0 Å². The molecule has 0 amide bonds. The van der Waals surface area contributed by atoms with Crippen LogP contribution in [0.3, 0.4) is 0 Å². The van der Waals surface area contributed by atoms with Gasteiger partial charge >= 0.3 is 0 Å². The number of aliphatic hydroxyl groups excluding tert-OH is 3. The Bertz CT molecular complexity index is 695. The fourth-order valence-corrected chi connectivity index (χ4v) is 9.97. The van der Waals surface area contributed by atoms with E-state index >= 15 is 0 Å². The molecule has 1 aliphatic heterocycles. The van der Waals surface area contributed by atoms with Gasteiger partial charge in [-0.25, -0.2) is 0 Å². The third kappa shape index (κ3) is 1.37. The fourth-order valence-electron chi connectivity index (χ4n) is 9.97. The number of likely N-dealkylation sites (tertiary alicyclic amines) is 1. The first-order valence-corrected chi connectivity index (χ1v) is 10.8. The lowest BCUT2D eigenvalue weighted by molar-refractivity contribution is -0.218. The lowest BCUT2D eigenvalue weighted by atomic mass is 9.43. The van der Waals surface area contributed by atoms with Crippen molar-refractivity contribution in [3.05, 3.63) is 12.2 Å². The summed E-state index contributed by atoms with van der Waals surface area (Å²) in [6.45, 7) is 11.1. The molecule has 2 spiro atoms. The Hall–Kier alpha value is -0.420. The standard InChI is InChI=1S/C22H33NO3/c1-4-23-10-20(3)6-5-17(25)22-15(20)7-13(18(22)23)21-9-12(11(2)19(21)26)14(24)8-16(21)22/h12-19,24-26H,2,4-10H2,1,3H3/t12-,13+,14+,15+,16+,17+,18+,19-,20+,21-,22+/m1/s1. The molecule has 4 heteroatoms. The van der Waals surface area contributed by atoms with Crippen LogP contribution in [-0.4, -0.2) is 57.7 Å². The van der Waals surface area contributed by atoms with Crippen LogP contribution in [0.4, 0.5) is 0 Å². The molecule has 6 fully saturated rings. The second kappa shape index (κ2) is 4.59. The maximum Gasteiger partial charge on any atom is 0.0813 e. The third-order valence-corrected chi connectivity index (χ3v) is 10.6. The van der Waals surface area contributed by atoms with Gasteiger partial charge in [0.25, 0.3) is 0 Å². The zero-order valence-corrected chi connectivity index (χ0v) is 16.1. The monoisotopic (exact) mass is 359 g/mol. The second-order valence-corrected chi connectivity index (χ2v) is 10.9. The highest BCUT2D eigenvalue weighted by Gasteiger charge is 2.85. The van der Waals surface area contributed by atoms with Crippen LogP contribution >= 0.6 is 0 Å². The van der Waals surface area contributed by atoms with Crippen molar-refractivity contribution in [3.63, 3.8) is 0 Å². The first kappa shape index (κ1) is 16.5. The molecule has 6 aliphatic rings. The van der Waals surface area contributed by atoms with Crippen molar-refractivity contribution >= 4 is 0 Å². The van der Waals surface area contributed by atoms with Crippen LogP contribution in [-0.2, 0) is 0 Å². The average molecular weight is 360 g/mol. The Labute approximate surface area is 156 Å². The fraction of sp³-hybridized carbons (Fsp3) is 0.909. The molecule has 6 rings (SSSR count). The SMILES string of the molecule is C=C1[C@H]2C[C@@]3([C@@H]1O)[C@H]1C[C@H]4[C@@]5(C)CC[C@H](O)[C@@]4([C@H]1N(CC)C5)[C@H]3C[C@@H]2O. The zero-order chi connectivity index (χ0) is 18.2. The number of nitrogens with zero attached hydrogens (tertiary/aromatic N) is 1. The minimum Gasteiger partial charge on any atom is -0.392 e. The van der Waals surface area contributed by atoms with E-state index in [2.05, 4.69) is 25.3 Å². The van der Waals surface area contributed by atoms with Gasteiger partial charge in [0.05, 0.1) is 18.3 Å². The lowest BCUT2D eigenvalue weighted by Crippen LogP contribution is -2.68. The molecule has 0 aromatic heterocycles. The van der Waals surface area contributed by atoms with Crippen LogP contribution in [0.2, 0.25) is 0 Å². The van der Waals surface area contributed by atoms with E-state index in [-0.39, 0.29) is 34.2 Å². The summed E-state index contributed by atoms with van der Waals surface area (Å²) >= 11 is 0. The molecular formula is C22H33NO3. The number of hydrogen-bond donors (Lipinski definition) is 3. The number of fused-ring (bicyclic) bond motifs is 1. The summed E-state index contributed by atoms with van der Waals surface area (Å²) in [6, 6.07) is 0.373. The van der Waals surface area contributed by atoms with Crippen LogP contribution in [0.5, 0.6) is 0 Å². The third-order valence-electron chi connectivity index (χ3n) is 10.6. The van der Waals surface area contributed by atoms with Gasteiger partial charge in [0.1, 0.15) is 0 Å². The van der Waals surface area contributed by atoms with Gasteiger partial charge in [-0.3, -0.25) is 4.90 Å². The van der Waals surface area contributed by atoms with Crippen molar-refractivity contribution in [2.45, 2.75) is 70.3 Å². The van der Waals surface area contributed by atoms with Crippen molar-refractivity contribution < 1.29 is 15.3 Å². The van der Waals surface area contributed by atoms with Gasteiger partial charge in [-0.15, -0.1) is 0 Å². The summed E-state index contributed by atoms with van der Waals surface area (Å²) in [6.07, 6.45) is 3.58. The molecule has 11 atom stereocenters. The molecule has 1 saturated heterocycles. The first-order chi connectivity index (χ1) is 12.3. The first-order valence-electron chi connectivity index (χ1n) is 10.8. The highest BCUT2D eigenvalue weighted by atomic mass is 16.3. The quantitative estimate of drug-likeness (QED) is 0.625. The molecule has 1 heterocycles. The smallest absolute Gasteiger partial charge is 0.0813 e. The summed E-state index contributed by atoms with van der Waals surface area (Å²) in [5.74, 6) is 1.26. The second-order valence-electron chi connectivity index (χ2n) is 10.9. The summed E-state index contributed by atoms with van der Waals surface area (Å²) in [4.78, 5) is 2.65. The molecule has 0 unspecified atom stereocenters. The molecule has 3 N–H and O–H groups in total. The predicted octanol–water partition coefficient (Wildman–Crippen LogP) is 1.79. The van der Waals surface area contributed by atoms with E-state index in [9.17, 15) is 15.3 Å². The van der Waals surface area contributed by atoms with Crippen LogP contribution in [0.15, 0.2) is 12.2 Å². The maximum atomic E-state index is 11.5. The Morgan fingerprint density at radius 2 is 1.96 bits per heavy atom. The van der Waals surface area contributed by atoms with Gasteiger partial charge in [0.2, 0.25) is 0 Å². The number of hydrogen-bond acceptors (Lipinski definition) is 4. The van der Waals surface area contributed by atoms with Gasteiger partial charge < -0.3 is 15.3 Å². The van der Waals surface area contributed by atoms with Gasteiger partial charge in [0, 0.05) is 29.3 Å². The van der Waals surface area contributed by atoms with Crippen molar-refractivity contribution in [1.82, 2.24) is 4.90 Å². The van der Waals surface area contributed by atoms with E-state index in [0.717, 1.165) is 50.8 Å². The average Bonchev–Trinajstić information content (AvgIpc) is 3.14. The summed E-state index contributed by atoms with van der Waals surface area (Å²) < 4.78 is 0. The molecule has 0 aromatic carbocycles. The number of piperidine rings is 1. The zero-order valence-electron chi connectivity index (χ0n) is 16.1. The van der Waals surface area contributed by atoms with E-state index < -0.39 is 12.2 Å². The number of aliphatic hydroxyl groups is 3. The summed E-state index contributed by atoms with van der Waals surface area (Å²) in [5, 5.41) is 33.8. The van der Waals surface area contributed by atoms with Crippen LogP contribution in [0.25, 0.3) is 0 Å². The van der Waals surface area contributed by atoms with Gasteiger partial charge in [-0.05, 0) is 67.4 Å². The Kier molecular flexibility index (Phi) is 2.92. The normalized spacial score (nSPS) is 65.5. The maximum absolute atomic E-state index is 11.5. The molecule has 5 aliphatic carbocycles. The van der Waals surface area contributed by atoms with E-state index in [1.54, 1.807) is 0 Å². The highest BCUT2D eigenvalue weighted by molar-refractivity contribution is 5.39. The molecule has 4 nitrogen and oxygen atoms in total. The number of rotatable bonds is 1. The van der Waals surface area contributed by atoms with Crippen LogP contribution in [0, 0.1) is 39.9 Å². The molecule has 7 bridgehead atoms. The molecule has 5 saturated carbocycles. The highest BCUT2D eigenvalue weighted by Crippen LogP contribution is 2.83. The minimum absolute atomic E-state index is 0.0547. The van der Waals surface area contributed by atoms with Gasteiger partial charge in [-0.2, -0.15) is 0 Å². The van der Waals surface area contributed by atoms with Gasteiger partial charge in [0.15, 0.2) is 0 Å². The molecule has 0 aromatic rings. The lowest BCUT2D eigenvalue weighted by Gasteiger charge is -2.65. The van der Waals surface area contributed by atoms with E-state index in [1.807, 2.05) is 0 Å².